The molecule has 1 atom stereocenters. The van der Waals surface area contributed by atoms with Crippen LogP contribution in [0, 0.1) is 11.7 Å². The molecule has 0 saturated carbocycles. The van der Waals surface area contributed by atoms with Gasteiger partial charge in [0, 0.05) is 24.2 Å². The number of ketones is 1. The Kier molecular flexibility index (Phi) is 6.70. The van der Waals surface area contributed by atoms with Crippen LogP contribution in [0.25, 0.3) is 0 Å². The van der Waals surface area contributed by atoms with E-state index in [0.29, 0.717) is 18.0 Å². The molecule has 1 unspecified atom stereocenters. The molecule has 6 heteroatoms. The third-order valence-electron chi connectivity index (χ3n) is 6.22. The number of carbonyl (C=O) groups excluding carboxylic acids is 1. The summed E-state index contributed by atoms with van der Waals surface area (Å²) in [6.07, 6.45) is 1.51. The first-order valence-electron chi connectivity index (χ1n) is 11.1. The molecule has 5 nitrogen and oxygen atoms in total. The van der Waals surface area contributed by atoms with Gasteiger partial charge in [-0.05, 0) is 87.7 Å². The molecule has 31 heavy (non-hydrogen) atoms. The highest BCUT2D eigenvalue weighted by Gasteiger charge is 2.32. The summed E-state index contributed by atoms with van der Waals surface area (Å²) >= 11 is 0. The summed E-state index contributed by atoms with van der Waals surface area (Å²) in [5.74, 6) is 0.997. The number of halogens is 1. The van der Waals surface area contributed by atoms with Gasteiger partial charge in [-0.25, -0.2) is 4.39 Å². The third kappa shape index (κ3) is 5.32. The highest BCUT2D eigenvalue weighted by molar-refractivity contribution is 5.97. The number of piperidine rings is 1. The van der Waals surface area contributed by atoms with Gasteiger partial charge in [0.1, 0.15) is 17.8 Å². The summed E-state index contributed by atoms with van der Waals surface area (Å²) in [5, 5.41) is 10.8. The molecule has 1 saturated heterocycles. The Morgan fingerprint density at radius 1 is 1.16 bits per heavy atom. The van der Waals surface area contributed by atoms with Gasteiger partial charge >= 0.3 is 0 Å². The Bertz CT molecular complexity index is 907. The Hall–Kier alpha value is -2.28. The van der Waals surface area contributed by atoms with Crippen LogP contribution < -0.4 is 4.74 Å². The lowest BCUT2D eigenvalue weighted by molar-refractivity contribution is -0.00363. The molecule has 0 aromatic heterocycles. The van der Waals surface area contributed by atoms with Crippen LogP contribution in [0.3, 0.4) is 0 Å². The second-order valence-electron chi connectivity index (χ2n) is 8.98. The van der Waals surface area contributed by atoms with E-state index in [1.54, 1.807) is 12.1 Å². The van der Waals surface area contributed by atoms with Crippen LogP contribution in [-0.4, -0.2) is 53.0 Å². The number of fused-ring (bicyclic) bond motifs is 1. The van der Waals surface area contributed by atoms with Crippen molar-refractivity contribution in [1.29, 1.82) is 0 Å². The van der Waals surface area contributed by atoms with E-state index >= 15 is 0 Å². The normalized spacial score (nSPS) is 20.2. The maximum Gasteiger partial charge on any atom is 0.176 e. The van der Waals surface area contributed by atoms with Gasteiger partial charge in [0.25, 0.3) is 0 Å². The van der Waals surface area contributed by atoms with Gasteiger partial charge in [0.15, 0.2) is 5.78 Å². The Balaban J connectivity index is 1.27. The van der Waals surface area contributed by atoms with Crippen molar-refractivity contribution in [2.24, 2.45) is 5.92 Å². The summed E-state index contributed by atoms with van der Waals surface area (Å²) in [4.78, 5) is 16.7. The zero-order valence-electron chi connectivity index (χ0n) is 18.3. The Morgan fingerprint density at radius 3 is 2.55 bits per heavy atom. The zero-order valence-corrected chi connectivity index (χ0v) is 18.3. The van der Waals surface area contributed by atoms with E-state index in [9.17, 15) is 14.3 Å². The van der Waals surface area contributed by atoms with Crippen LogP contribution in [0.15, 0.2) is 42.5 Å². The number of aliphatic hydroxyl groups excluding tert-OH is 1. The van der Waals surface area contributed by atoms with Gasteiger partial charge in [0.05, 0.1) is 12.6 Å². The number of hydrogen-bond acceptors (Lipinski definition) is 5. The molecule has 2 aromatic carbocycles. The molecule has 0 amide bonds. The maximum atomic E-state index is 13.1. The van der Waals surface area contributed by atoms with E-state index in [4.69, 9.17) is 4.74 Å². The lowest BCUT2D eigenvalue weighted by atomic mass is 9.95. The molecule has 166 valence electrons. The molecule has 0 aliphatic carbocycles. The second kappa shape index (κ2) is 9.47. The quantitative estimate of drug-likeness (QED) is 0.678. The molecular formula is C25H31FN2O3. The summed E-state index contributed by atoms with van der Waals surface area (Å²) in [7, 11) is 0. The number of likely N-dealkylation sites (tertiary alicyclic amines) is 1. The first-order valence-corrected chi connectivity index (χ1v) is 11.1. The van der Waals surface area contributed by atoms with Crippen molar-refractivity contribution in [3.8, 4) is 5.75 Å². The molecule has 2 heterocycles. The Morgan fingerprint density at radius 2 is 1.87 bits per heavy atom. The fourth-order valence-corrected chi connectivity index (χ4v) is 4.56. The van der Waals surface area contributed by atoms with Crippen LogP contribution in [-0.2, 0) is 6.54 Å². The number of hydrogen-bond donors (Lipinski definition) is 1. The van der Waals surface area contributed by atoms with Crippen molar-refractivity contribution in [2.75, 3.05) is 26.2 Å². The predicted octanol–water partition coefficient (Wildman–Crippen LogP) is 4.01. The average molecular weight is 427 g/mol. The molecular weight excluding hydrogens is 395 g/mol. The van der Waals surface area contributed by atoms with Crippen molar-refractivity contribution in [3.63, 3.8) is 0 Å². The number of aliphatic hydroxyl groups is 1. The maximum absolute atomic E-state index is 13.1. The van der Waals surface area contributed by atoms with Gasteiger partial charge in [0.2, 0.25) is 0 Å². The van der Waals surface area contributed by atoms with Gasteiger partial charge in [-0.15, -0.1) is 0 Å². The van der Waals surface area contributed by atoms with E-state index in [2.05, 4.69) is 15.9 Å². The number of benzene rings is 2. The first kappa shape index (κ1) is 21.9. The third-order valence-corrected chi connectivity index (χ3v) is 6.22. The number of carbonyl (C=O) groups is 1. The van der Waals surface area contributed by atoms with Crippen LogP contribution in [0.5, 0.6) is 5.75 Å². The fraction of sp³-hybridized carbons (Fsp3) is 0.480. The van der Waals surface area contributed by atoms with E-state index in [1.807, 2.05) is 26.0 Å². The molecule has 0 spiro atoms. The van der Waals surface area contributed by atoms with E-state index in [-0.39, 0.29) is 17.7 Å². The summed E-state index contributed by atoms with van der Waals surface area (Å²) in [6.45, 7) is 7.68. The van der Waals surface area contributed by atoms with Crippen molar-refractivity contribution in [2.45, 2.75) is 45.6 Å². The van der Waals surface area contributed by atoms with Crippen LogP contribution >= 0.6 is 0 Å². The molecule has 2 aliphatic rings. The second-order valence-corrected chi connectivity index (χ2v) is 8.98. The number of ether oxygens (including phenoxy) is 1. The van der Waals surface area contributed by atoms with Gasteiger partial charge in [-0.3, -0.25) is 14.6 Å². The highest BCUT2D eigenvalue weighted by atomic mass is 19.1. The molecule has 0 radical (unpaired) electrons. The first-order chi connectivity index (χ1) is 14.9. The highest BCUT2D eigenvalue weighted by Crippen LogP contribution is 2.36. The fourth-order valence-electron chi connectivity index (χ4n) is 4.56. The number of nitrogens with zero attached hydrogens (tertiary/aromatic N) is 2. The standard InChI is InChI=1S/C25H31FN2O3/c1-17(2)31-22-8-5-20-15-28(25(30)23(20)13-22)14-18-9-11-27(12-10-18)16-24(29)19-3-6-21(26)7-4-19/h3-8,13,17-18,25,30H,9-12,14-16H2,1-2H3. The summed E-state index contributed by atoms with van der Waals surface area (Å²) in [6, 6.07) is 11.8. The smallest absolute Gasteiger partial charge is 0.176 e. The molecule has 1 fully saturated rings. The predicted molar refractivity (Wildman–Crippen MR) is 117 cm³/mol. The molecule has 2 aromatic rings. The van der Waals surface area contributed by atoms with E-state index in [0.717, 1.165) is 55.9 Å². The number of rotatable bonds is 7. The SMILES string of the molecule is CC(C)Oc1ccc2c(c1)C(O)N(CC1CCN(CC(=O)c3ccc(F)cc3)CC1)C2. The van der Waals surface area contributed by atoms with E-state index < -0.39 is 6.23 Å². The van der Waals surface area contributed by atoms with Crippen molar-refractivity contribution >= 4 is 5.78 Å². The monoisotopic (exact) mass is 426 g/mol. The van der Waals surface area contributed by atoms with Gasteiger partial charge in [-0.2, -0.15) is 0 Å². The topological polar surface area (TPSA) is 53.0 Å². The molecule has 0 bridgehead atoms. The number of Topliss-reactive ketones (excluding diaryl/α,β-unsaturated/α-hetero) is 1. The molecule has 4 rings (SSSR count). The largest absolute Gasteiger partial charge is 0.491 e. The van der Waals surface area contributed by atoms with Gasteiger partial charge in [-0.1, -0.05) is 6.07 Å². The average Bonchev–Trinajstić information content (AvgIpc) is 3.04. The lowest BCUT2D eigenvalue weighted by Crippen LogP contribution is -2.40. The molecule has 2 aliphatic heterocycles. The summed E-state index contributed by atoms with van der Waals surface area (Å²) < 4.78 is 18.8. The van der Waals surface area contributed by atoms with Crippen molar-refractivity contribution in [1.82, 2.24) is 9.80 Å². The van der Waals surface area contributed by atoms with Crippen LogP contribution in [0.4, 0.5) is 4.39 Å². The minimum Gasteiger partial charge on any atom is -0.491 e. The summed E-state index contributed by atoms with van der Waals surface area (Å²) in [5.41, 5.74) is 2.66. The lowest BCUT2D eigenvalue weighted by Gasteiger charge is -2.34. The van der Waals surface area contributed by atoms with E-state index in [1.165, 1.54) is 12.1 Å². The molecule has 1 N–H and O–H groups in total. The minimum atomic E-state index is -0.594. The van der Waals surface area contributed by atoms with Crippen molar-refractivity contribution in [3.05, 3.63) is 65.0 Å². The minimum absolute atomic E-state index is 0.0308. The van der Waals surface area contributed by atoms with Gasteiger partial charge < -0.3 is 9.84 Å². The van der Waals surface area contributed by atoms with Crippen molar-refractivity contribution < 1.29 is 19.0 Å². The van der Waals surface area contributed by atoms with Crippen LogP contribution in [0.2, 0.25) is 0 Å². The Labute approximate surface area is 183 Å². The zero-order chi connectivity index (χ0) is 22.0. The van der Waals surface area contributed by atoms with Crippen LogP contribution in [0.1, 0.15) is 54.4 Å².